The second kappa shape index (κ2) is 5.87. The number of hydrogen-bond donors (Lipinski definition) is 0. The highest BCUT2D eigenvalue weighted by Gasteiger charge is 2.29. The van der Waals surface area contributed by atoms with Gasteiger partial charge in [0.15, 0.2) is 29.1 Å². The second-order valence-electron chi connectivity index (χ2n) is 4.54. The summed E-state index contributed by atoms with van der Waals surface area (Å²) >= 11 is 0. The van der Waals surface area contributed by atoms with Crippen LogP contribution in [0.2, 0.25) is 0 Å². The first kappa shape index (κ1) is 14.9. The van der Waals surface area contributed by atoms with Crippen LogP contribution in [0.15, 0.2) is 0 Å². The smallest absolute Gasteiger partial charge is 0.200 e. The molecule has 0 spiro atoms. The predicted octanol–water partition coefficient (Wildman–Crippen LogP) is 3.52. The number of carbonyl (C=O) groups is 1. The van der Waals surface area contributed by atoms with E-state index in [-0.39, 0.29) is 18.9 Å². The third kappa shape index (κ3) is 2.67. The number of ketones is 1. The molecular weight excluding hydrogens is 283 g/mol. The summed E-state index contributed by atoms with van der Waals surface area (Å²) in [4.78, 5) is 11.7. The van der Waals surface area contributed by atoms with Crippen LogP contribution in [0.25, 0.3) is 0 Å². The third-order valence-corrected chi connectivity index (χ3v) is 3.21. The lowest BCUT2D eigenvalue weighted by atomic mass is 10.0. The summed E-state index contributed by atoms with van der Waals surface area (Å²) in [6, 6.07) is 0. The molecule has 1 saturated heterocycles. The summed E-state index contributed by atoms with van der Waals surface area (Å²) < 4.78 is 70.7. The van der Waals surface area contributed by atoms with E-state index in [2.05, 4.69) is 0 Å². The highest BCUT2D eigenvalue weighted by molar-refractivity contribution is 5.96. The van der Waals surface area contributed by atoms with Crippen LogP contribution in [-0.4, -0.2) is 18.5 Å². The summed E-state index contributed by atoms with van der Waals surface area (Å²) in [5, 5.41) is 0. The Hall–Kier alpha value is -1.50. The van der Waals surface area contributed by atoms with Gasteiger partial charge in [0.1, 0.15) is 0 Å². The number of rotatable bonds is 4. The number of carbonyl (C=O) groups excluding carboxylic acids is 1. The second-order valence-corrected chi connectivity index (χ2v) is 4.54. The fourth-order valence-electron chi connectivity index (χ4n) is 2.14. The Balaban J connectivity index is 2.21. The normalized spacial score (nSPS) is 18.6. The zero-order valence-electron chi connectivity index (χ0n) is 10.3. The Bertz CT molecular complexity index is 509. The van der Waals surface area contributed by atoms with Gasteiger partial charge in [0.25, 0.3) is 0 Å². The van der Waals surface area contributed by atoms with Crippen LogP contribution in [0.4, 0.5) is 22.0 Å². The molecule has 0 saturated carbocycles. The summed E-state index contributed by atoms with van der Waals surface area (Å²) in [7, 11) is 0. The van der Waals surface area contributed by atoms with Gasteiger partial charge in [-0.2, -0.15) is 0 Å². The van der Waals surface area contributed by atoms with Gasteiger partial charge in [-0.05, 0) is 19.3 Å². The molecule has 0 N–H and O–H groups in total. The highest BCUT2D eigenvalue weighted by Crippen LogP contribution is 2.25. The van der Waals surface area contributed by atoms with Crippen molar-refractivity contribution >= 4 is 5.78 Å². The molecule has 2 nitrogen and oxygen atoms in total. The number of ether oxygens (including phenoxy) is 1. The van der Waals surface area contributed by atoms with Crippen molar-refractivity contribution in [3.8, 4) is 0 Å². The van der Waals surface area contributed by atoms with E-state index in [4.69, 9.17) is 4.74 Å². The molecule has 0 amide bonds. The average Bonchev–Trinajstić information content (AvgIpc) is 2.94. The van der Waals surface area contributed by atoms with Crippen LogP contribution >= 0.6 is 0 Å². The first-order chi connectivity index (χ1) is 9.43. The monoisotopic (exact) mass is 294 g/mol. The Morgan fingerprint density at radius 2 is 1.55 bits per heavy atom. The van der Waals surface area contributed by atoms with Gasteiger partial charge in [-0.3, -0.25) is 4.79 Å². The average molecular weight is 294 g/mol. The maximum Gasteiger partial charge on any atom is 0.200 e. The molecular formula is C13H11F5O2. The van der Waals surface area contributed by atoms with Gasteiger partial charge in [0.2, 0.25) is 5.82 Å². The van der Waals surface area contributed by atoms with Gasteiger partial charge in [-0.25, -0.2) is 22.0 Å². The molecule has 1 fully saturated rings. The fourth-order valence-corrected chi connectivity index (χ4v) is 2.14. The lowest BCUT2D eigenvalue weighted by molar-refractivity contribution is 0.0851. The topological polar surface area (TPSA) is 26.3 Å². The summed E-state index contributed by atoms with van der Waals surface area (Å²) in [6.45, 7) is 0.543. The molecule has 1 aliphatic heterocycles. The van der Waals surface area contributed by atoms with Gasteiger partial charge in [-0.15, -0.1) is 0 Å². The van der Waals surface area contributed by atoms with E-state index in [1.54, 1.807) is 0 Å². The number of hydrogen-bond acceptors (Lipinski definition) is 2. The van der Waals surface area contributed by atoms with Crippen LogP contribution in [-0.2, 0) is 4.74 Å². The number of benzene rings is 1. The van der Waals surface area contributed by atoms with Crippen molar-refractivity contribution in [3.05, 3.63) is 34.6 Å². The molecule has 1 atom stereocenters. The Kier molecular flexibility index (Phi) is 4.37. The highest BCUT2D eigenvalue weighted by atomic mass is 19.2. The van der Waals surface area contributed by atoms with E-state index >= 15 is 0 Å². The quantitative estimate of drug-likeness (QED) is 0.367. The fraction of sp³-hybridized carbons (Fsp3) is 0.462. The predicted molar refractivity (Wildman–Crippen MR) is 58.8 cm³/mol. The van der Waals surface area contributed by atoms with Crippen molar-refractivity contribution in [2.24, 2.45) is 0 Å². The lowest BCUT2D eigenvalue weighted by Crippen LogP contribution is -2.15. The lowest BCUT2D eigenvalue weighted by Gasteiger charge is -2.10. The van der Waals surface area contributed by atoms with Crippen LogP contribution in [0.5, 0.6) is 0 Å². The number of halogens is 5. The minimum atomic E-state index is -2.27. The van der Waals surface area contributed by atoms with E-state index in [9.17, 15) is 26.7 Å². The third-order valence-electron chi connectivity index (χ3n) is 3.21. The maximum absolute atomic E-state index is 13.4. The van der Waals surface area contributed by atoms with Crippen LogP contribution in [0.3, 0.4) is 0 Å². The van der Waals surface area contributed by atoms with Gasteiger partial charge < -0.3 is 4.74 Å². The molecule has 0 aromatic heterocycles. The van der Waals surface area contributed by atoms with Crippen molar-refractivity contribution in [2.45, 2.75) is 31.8 Å². The van der Waals surface area contributed by atoms with Gasteiger partial charge in [0, 0.05) is 13.0 Å². The van der Waals surface area contributed by atoms with Crippen LogP contribution in [0.1, 0.15) is 36.0 Å². The van der Waals surface area contributed by atoms with Gasteiger partial charge >= 0.3 is 0 Å². The van der Waals surface area contributed by atoms with Crippen molar-refractivity contribution in [3.63, 3.8) is 0 Å². The van der Waals surface area contributed by atoms with E-state index in [1.807, 2.05) is 0 Å². The molecule has 1 aromatic carbocycles. The van der Waals surface area contributed by atoms with Gasteiger partial charge in [0.05, 0.1) is 11.7 Å². The Labute approximate surface area is 111 Å². The molecule has 7 heteroatoms. The summed E-state index contributed by atoms with van der Waals surface area (Å²) in [5.41, 5.74) is -1.38. The molecule has 1 aromatic rings. The van der Waals surface area contributed by atoms with Crippen LogP contribution in [0, 0.1) is 29.1 Å². The van der Waals surface area contributed by atoms with Crippen LogP contribution < -0.4 is 0 Å². The van der Waals surface area contributed by atoms with Crippen molar-refractivity contribution in [1.29, 1.82) is 0 Å². The first-order valence-corrected chi connectivity index (χ1v) is 6.09. The van der Waals surface area contributed by atoms with Crippen molar-refractivity contribution in [2.75, 3.05) is 6.61 Å². The maximum atomic E-state index is 13.4. The zero-order valence-corrected chi connectivity index (χ0v) is 10.3. The zero-order chi connectivity index (χ0) is 14.9. The standard InChI is InChI=1S/C13H11F5O2/c14-9-8(10(15)12(17)13(18)11(9)16)7(19)4-3-6-2-1-5-20-6/h6H,1-5H2. The Morgan fingerprint density at radius 1 is 1.00 bits per heavy atom. The summed E-state index contributed by atoms with van der Waals surface area (Å²) in [6.07, 6.45) is 1.19. The molecule has 20 heavy (non-hydrogen) atoms. The first-order valence-electron chi connectivity index (χ1n) is 6.09. The summed E-state index contributed by atoms with van der Waals surface area (Å²) in [5.74, 6) is -11.8. The molecule has 0 radical (unpaired) electrons. The molecule has 0 bridgehead atoms. The molecule has 1 unspecified atom stereocenters. The molecule has 0 aliphatic carbocycles. The molecule has 2 rings (SSSR count). The van der Waals surface area contributed by atoms with E-state index in [0.29, 0.717) is 13.0 Å². The van der Waals surface area contributed by atoms with Crippen molar-refractivity contribution < 1.29 is 31.5 Å². The van der Waals surface area contributed by atoms with Crippen molar-refractivity contribution in [1.82, 2.24) is 0 Å². The molecule has 110 valence electrons. The minimum Gasteiger partial charge on any atom is -0.378 e. The molecule has 1 aliphatic rings. The SMILES string of the molecule is O=C(CCC1CCCO1)c1c(F)c(F)c(F)c(F)c1F. The Morgan fingerprint density at radius 3 is 2.05 bits per heavy atom. The number of Topliss-reactive ketones (excluding diaryl/α,β-unsaturated/α-hetero) is 1. The largest absolute Gasteiger partial charge is 0.378 e. The molecule has 1 heterocycles. The van der Waals surface area contributed by atoms with E-state index in [0.717, 1.165) is 6.42 Å². The van der Waals surface area contributed by atoms with E-state index in [1.165, 1.54) is 0 Å². The van der Waals surface area contributed by atoms with Gasteiger partial charge in [-0.1, -0.05) is 0 Å². The minimum absolute atomic E-state index is 0.193. The van der Waals surface area contributed by atoms with E-state index < -0.39 is 40.4 Å².